The Balaban J connectivity index is 2.00. The first-order valence-corrected chi connectivity index (χ1v) is 7.07. The lowest BCUT2D eigenvalue weighted by Crippen LogP contribution is -2.40. The number of hydrogen-bond donors (Lipinski definition) is 2. The molecule has 2 N–H and O–H groups in total. The SMILES string of the molecule is Cc1occc1C(=O)NCC1(CC(=O)O)CCCCC1. The number of carbonyl (C=O) groups excluding carboxylic acids is 1. The summed E-state index contributed by atoms with van der Waals surface area (Å²) in [6.07, 6.45) is 6.56. The summed E-state index contributed by atoms with van der Waals surface area (Å²) in [5.41, 5.74) is 0.225. The molecule has 2 rings (SSSR count). The standard InChI is InChI=1S/C15H21NO4/c1-11-12(5-8-20-11)14(19)16-10-15(9-13(17)18)6-3-2-4-7-15/h5,8H,2-4,6-7,9-10H2,1H3,(H,16,19)(H,17,18). The van der Waals surface area contributed by atoms with Crippen molar-refractivity contribution in [3.05, 3.63) is 23.7 Å². The zero-order valence-electron chi connectivity index (χ0n) is 11.8. The molecule has 0 atom stereocenters. The van der Waals surface area contributed by atoms with E-state index in [2.05, 4.69) is 5.32 Å². The Morgan fingerprint density at radius 3 is 2.60 bits per heavy atom. The largest absolute Gasteiger partial charge is 0.481 e. The molecule has 1 amide bonds. The van der Waals surface area contributed by atoms with Crippen LogP contribution < -0.4 is 5.32 Å². The maximum absolute atomic E-state index is 12.1. The number of carboxylic acid groups (broad SMARTS) is 1. The van der Waals surface area contributed by atoms with Gasteiger partial charge in [-0.3, -0.25) is 9.59 Å². The molecule has 1 saturated carbocycles. The van der Waals surface area contributed by atoms with Gasteiger partial charge in [-0.1, -0.05) is 19.3 Å². The van der Waals surface area contributed by atoms with Crippen LogP contribution in [0.5, 0.6) is 0 Å². The third-order valence-corrected chi connectivity index (χ3v) is 4.17. The van der Waals surface area contributed by atoms with E-state index in [4.69, 9.17) is 9.52 Å². The number of nitrogens with one attached hydrogen (secondary N) is 1. The summed E-state index contributed by atoms with van der Waals surface area (Å²) in [6.45, 7) is 2.16. The Morgan fingerprint density at radius 2 is 2.05 bits per heavy atom. The normalized spacial score (nSPS) is 17.6. The van der Waals surface area contributed by atoms with Crippen LogP contribution in [0.1, 0.15) is 54.6 Å². The second-order valence-electron chi connectivity index (χ2n) is 5.70. The first-order chi connectivity index (χ1) is 9.52. The van der Waals surface area contributed by atoms with E-state index < -0.39 is 5.97 Å². The summed E-state index contributed by atoms with van der Waals surface area (Å²) >= 11 is 0. The first-order valence-electron chi connectivity index (χ1n) is 7.07. The lowest BCUT2D eigenvalue weighted by Gasteiger charge is -2.36. The van der Waals surface area contributed by atoms with Gasteiger partial charge in [-0.25, -0.2) is 0 Å². The number of aliphatic carboxylic acids is 1. The summed E-state index contributed by atoms with van der Waals surface area (Å²) in [7, 11) is 0. The van der Waals surface area contributed by atoms with Crippen molar-refractivity contribution in [2.24, 2.45) is 5.41 Å². The van der Waals surface area contributed by atoms with Crippen molar-refractivity contribution in [3.63, 3.8) is 0 Å². The van der Waals surface area contributed by atoms with Gasteiger partial charge >= 0.3 is 5.97 Å². The van der Waals surface area contributed by atoms with E-state index in [1.807, 2.05) is 0 Å². The van der Waals surface area contributed by atoms with Crippen molar-refractivity contribution >= 4 is 11.9 Å². The van der Waals surface area contributed by atoms with Crippen molar-refractivity contribution < 1.29 is 19.1 Å². The summed E-state index contributed by atoms with van der Waals surface area (Å²) in [5.74, 6) is -0.398. The quantitative estimate of drug-likeness (QED) is 0.868. The van der Waals surface area contributed by atoms with Gasteiger partial charge in [0, 0.05) is 6.54 Å². The summed E-state index contributed by atoms with van der Waals surface area (Å²) in [6, 6.07) is 1.63. The van der Waals surface area contributed by atoms with Crippen molar-refractivity contribution in [3.8, 4) is 0 Å². The Morgan fingerprint density at radius 1 is 1.35 bits per heavy atom. The van der Waals surface area contributed by atoms with Crippen molar-refractivity contribution in [2.75, 3.05) is 6.54 Å². The molecule has 1 aromatic heterocycles. The molecule has 1 aromatic rings. The average Bonchev–Trinajstić information content (AvgIpc) is 2.83. The predicted octanol–water partition coefficient (Wildman–Crippen LogP) is 2.74. The molecule has 0 saturated heterocycles. The minimum absolute atomic E-state index is 0.123. The second kappa shape index (κ2) is 6.11. The Bertz CT molecular complexity index is 486. The minimum atomic E-state index is -0.791. The lowest BCUT2D eigenvalue weighted by atomic mass is 9.71. The minimum Gasteiger partial charge on any atom is -0.481 e. The second-order valence-corrected chi connectivity index (χ2v) is 5.70. The molecule has 1 heterocycles. The fourth-order valence-electron chi connectivity index (χ4n) is 3.02. The maximum Gasteiger partial charge on any atom is 0.303 e. The topological polar surface area (TPSA) is 79.5 Å². The number of furan rings is 1. The molecule has 0 radical (unpaired) electrons. The molecule has 0 unspecified atom stereocenters. The van der Waals surface area contributed by atoms with Crippen LogP contribution in [0.15, 0.2) is 16.7 Å². The van der Waals surface area contributed by atoms with E-state index in [-0.39, 0.29) is 17.7 Å². The van der Waals surface area contributed by atoms with E-state index in [1.54, 1.807) is 13.0 Å². The predicted molar refractivity (Wildman–Crippen MR) is 73.5 cm³/mol. The molecular weight excluding hydrogens is 258 g/mol. The van der Waals surface area contributed by atoms with Gasteiger partial charge in [0.25, 0.3) is 5.91 Å². The summed E-state index contributed by atoms with van der Waals surface area (Å²) in [5, 5.41) is 12.0. The Hall–Kier alpha value is -1.78. The molecule has 5 nitrogen and oxygen atoms in total. The highest BCUT2D eigenvalue weighted by Crippen LogP contribution is 2.38. The maximum atomic E-state index is 12.1. The van der Waals surface area contributed by atoms with Gasteiger partial charge in [0.2, 0.25) is 0 Å². The zero-order valence-corrected chi connectivity index (χ0v) is 11.8. The number of carboxylic acids is 1. The van der Waals surface area contributed by atoms with E-state index in [0.717, 1.165) is 32.1 Å². The van der Waals surface area contributed by atoms with E-state index in [9.17, 15) is 9.59 Å². The Labute approximate surface area is 118 Å². The average molecular weight is 279 g/mol. The number of carbonyl (C=O) groups is 2. The number of hydrogen-bond acceptors (Lipinski definition) is 3. The van der Waals surface area contributed by atoms with Gasteiger partial charge in [-0.2, -0.15) is 0 Å². The molecule has 0 aromatic carbocycles. The number of aryl methyl sites for hydroxylation is 1. The highest BCUT2D eigenvalue weighted by molar-refractivity contribution is 5.95. The molecular formula is C15H21NO4. The van der Waals surface area contributed by atoms with Gasteiger partial charge in [0.15, 0.2) is 0 Å². The highest BCUT2D eigenvalue weighted by atomic mass is 16.4. The van der Waals surface area contributed by atoms with Crippen LogP contribution in [0.25, 0.3) is 0 Å². The molecule has 1 fully saturated rings. The molecule has 5 heteroatoms. The fraction of sp³-hybridized carbons (Fsp3) is 0.600. The molecule has 1 aliphatic carbocycles. The molecule has 1 aliphatic rings. The van der Waals surface area contributed by atoms with E-state index in [0.29, 0.717) is 17.9 Å². The van der Waals surface area contributed by atoms with Crippen LogP contribution in [0.2, 0.25) is 0 Å². The third-order valence-electron chi connectivity index (χ3n) is 4.17. The Kier molecular flexibility index (Phi) is 4.47. The van der Waals surface area contributed by atoms with Crippen LogP contribution in [0.3, 0.4) is 0 Å². The molecule has 110 valence electrons. The number of rotatable bonds is 5. The molecule has 0 spiro atoms. The van der Waals surface area contributed by atoms with Crippen LogP contribution in [-0.2, 0) is 4.79 Å². The van der Waals surface area contributed by atoms with Gasteiger partial charge in [-0.15, -0.1) is 0 Å². The zero-order chi connectivity index (χ0) is 14.6. The monoisotopic (exact) mass is 279 g/mol. The van der Waals surface area contributed by atoms with Crippen molar-refractivity contribution in [1.82, 2.24) is 5.32 Å². The summed E-state index contributed by atoms with van der Waals surface area (Å²) < 4.78 is 5.11. The fourth-order valence-corrected chi connectivity index (χ4v) is 3.02. The summed E-state index contributed by atoms with van der Waals surface area (Å²) in [4.78, 5) is 23.2. The van der Waals surface area contributed by atoms with Crippen LogP contribution in [0, 0.1) is 12.3 Å². The highest BCUT2D eigenvalue weighted by Gasteiger charge is 2.34. The van der Waals surface area contributed by atoms with Gasteiger partial charge in [0.05, 0.1) is 18.2 Å². The molecule has 0 bridgehead atoms. The first kappa shape index (κ1) is 14.6. The third kappa shape index (κ3) is 3.40. The molecule has 0 aliphatic heterocycles. The van der Waals surface area contributed by atoms with Gasteiger partial charge < -0.3 is 14.8 Å². The van der Waals surface area contributed by atoms with Crippen LogP contribution >= 0.6 is 0 Å². The number of amides is 1. The van der Waals surface area contributed by atoms with E-state index in [1.165, 1.54) is 6.26 Å². The smallest absolute Gasteiger partial charge is 0.303 e. The van der Waals surface area contributed by atoms with Crippen molar-refractivity contribution in [1.29, 1.82) is 0 Å². The van der Waals surface area contributed by atoms with Crippen LogP contribution in [-0.4, -0.2) is 23.5 Å². The van der Waals surface area contributed by atoms with E-state index >= 15 is 0 Å². The van der Waals surface area contributed by atoms with Crippen LogP contribution in [0.4, 0.5) is 0 Å². The lowest BCUT2D eigenvalue weighted by molar-refractivity contribution is -0.140. The molecule has 20 heavy (non-hydrogen) atoms. The van der Waals surface area contributed by atoms with Crippen molar-refractivity contribution in [2.45, 2.75) is 45.4 Å². The van der Waals surface area contributed by atoms with Gasteiger partial charge in [0.1, 0.15) is 5.76 Å². The van der Waals surface area contributed by atoms with Gasteiger partial charge in [-0.05, 0) is 31.2 Å².